The standard InChI is InChI=1S/C23H47ClO9/c1-25-8-9-27-12-13-29-16-17-31-20-21-33-23-22-32-19-18-30-15-14-28-11-10-26-7-5-3-2-4-6-24/h2-23H2,1H3. The molecule has 0 rings (SSSR count). The summed E-state index contributed by atoms with van der Waals surface area (Å²) in [6.07, 6.45) is 4.52. The summed E-state index contributed by atoms with van der Waals surface area (Å²) in [5.41, 5.74) is 0. The quantitative estimate of drug-likeness (QED) is 0.109. The lowest BCUT2D eigenvalue weighted by molar-refractivity contribution is -0.0243. The minimum Gasteiger partial charge on any atom is -0.382 e. The Hall–Kier alpha value is -0.0700. The zero-order chi connectivity index (χ0) is 23.9. The van der Waals surface area contributed by atoms with Gasteiger partial charge in [-0.25, -0.2) is 0 Å². The Labute approximate surface area is 205 Å². The summed E-state index contributed by atoms with van der Waals surface area (Å²) in [6, 6.07) is 0. The van der Waals surface area contributed by atoms with Crippen LogP contribution >= 0.6 is 11.6 Å². The van der Waals surface area contributed by atoms with Gasteiger partial charge in [0, 0.05) is 19.6 Å². The van der Waals surface area contributed by atoms with Crippen LogP contribution in [0.5, 0.6) is 0 Å². The lowest BCUT2D eigenvalue weighted by atomic mass is 10.2. The van der Waals surface area contributed by atoms with Crippen LogP contribution in [0.4, 0.5) is 0 Å². The molecule has 0 aliphatic carbocycles. The van der Waals surface area contributed by atoms with Crippen molar-refractivity contribution in [2.45, 2.75) is 25.7 Å². The minimum absolute atomic E-state index is 0.536. The van der Waals surface area contributed by atoms with Gasteiger partial charge in [-0.1, -0.05) is 12.8 Å². The summed E-state index contributed by atoms with van der Waals surface area (Å²) in [4.78, 5) is 0. The van der Waals surface area contributed by atoms with Crippen molar-refractivity contribution in [3.8, 4) is 0 Å². The Balaban J connectivity index is 2.99. The Bertz CT molecular complexity index is 311. The molecular formula is C23H47ClO9. The van der Waals surface area contributed by atoms with E-state index in [4.69, 9.17) is 54.2 Å². The van der Waals surface area contributed by atoms with Gasteiger partial charge in [-0.2, -0.15) is 0 Å². The van der Waals surface area contributed by atoms with E-state index < -0.39 is 0 Å². The molecule has 0 amide bonds. The van der Waals surface area contributed by atoms with Gasteiger partial charge in [-0.05, 0) is 12.8 Å². The van der Waals surface area contributed by atoms with E-state index >= 15 is 0 Å². The molecule has 0 unspecified atom stereocenters. The first-order chi connectivity index (χ1) is 16.4. The molecule has 200 valence electrons. The van der Waals surface area contributed by atoms with Crippen molar-refractivity contribution in [3.63, 3.8) is 0 Å². The Morgan fingerprint density at radius 1 is 0.333 bits per heavy atom. The summed E-state index contributed by atoms with van der Waals surface area (Å²) >= 11 is 5.64. The molecule has 0 N–H and O–H groups in total. The van der Waals surface area contributed by atoms with Crippen LogP contribution in [0, 0.1) is 0 Å². The zero-order valence-electron chi connectivity index (χ0n) is 20.6. The lowest BCUT2D eigenvalue weighted by Gasteiger charge is -2.08. The van der Waals surface area contributed by atoms with Gasteiger partial charge in [-0.15, -0.1) is 11.6 Å². The second-order valence-electron chi connectivity index (χ2n) is 6.99. The van der Waals surface area contributed by atoms with Crippen molar-refractivity contribution in [2.24, 2.45) is 0 Å². The van der Waals surface area contributed by atoms with Crippen LogP contribution in [0.3, 0.4) is 0 Å². The van der Waals surface area contributed by atoms with Crippen LogP contribution in [0.25, 0.3) is 0 Å². The number of halogens is 1. The summed E-state index contributed by atoms with van der Waals surface area (Å²) in [7, 11) is 1.65. The minimum atomic E-state index is 0.536. The van der Waals surface area contributed by atoms with E-state index in [2.05, 4.69) is 0 Å². The molecule has 0 aliphatic rings. The van der Waals surface area contributed by atoms with Gasteiger partial charge in [0.25, 0.3) is 0 Å². The largest absolute Gasteiger partial charge is 0.382 e. The van der Waals surface area contributed by atoms with E-state index in [0.717, 1.165) is 25.3 Å². The molecule has 0 saturated carbocycles. The monoisotopic (exact) mass is 502 g/mol. The third kappa shape index (κ3) is 31.9. The number of hydrogen-bond donors (Lipinski definition) is 0. The highest BCUT2D eigenvalue weighted by Crippen LogP contribution is 2.01. The van der Waals surface area contributed by atoms with Crippen molar-refractivity contribution < 1.29 is 42.6 Å². The van der Waals surface area contributed by atoms with Gasteiger partial charge in [0.05, 0.1) is 106 Å². The molecule has 0 aromatic rings. The molecule has 0 aromatic heterocycles. The normalized spacial score (nSPS) is 11.5. The second-order valence-corrected chi connectivity index (χ2v) is 7.37. The van der Waals surface area contributed by atoms with E-state index in [1.165, 1.54) is 12.8 Å². The smallest absolute Gasteiger partial charge is 0.0701 e. The Kier molecular flexibility index (Phi) is 31.9. The van der Waals surface area contributed by atoms with Gasteiger partial charge in [0.1, 0.15) is 0 Å². The number of hydrogen-bond acceptors (Lipinski definition) is 9. The Morgan fingerprint density at radius 3 is 0.909 bits per heavy atom. The molecule has 0 heterocycles. The molecule has 0 aliphatic heterocycles. The van der Waals surface area contributed by atoms with Crippen LogP contribution in [-0.4, -0.2) is 125 Å². The fraction of sp³-hybridized carbons (Fsp3) is 1.00. The third-order valence-corrected chi connectivity index (χ3v) is 4.48. The van der Waals surface area contributed by atoms with Crippen molar-refractivity contribution >= 4 is 11.6 Å². The zero-order valence-corrected chi connectivity index (χ0v) is 21.4. The SMILES string of the molecule is COCCOCCOCCOCCOCCOCCOCCOCCOCCCCCCCl. The predicted molar refractivity (Wildman–Crippen MR) is 128 cm³/mol. The van der Waals surface area contributed by atoms with E-state index in [1.54, 1.807) is 7.11 Å². The maximum atomic E-state index is 5.64. The van der Waals surface area contributed by atoms with Crippen molar-refractivity contribution in [1.82, 2.24) is 0 Å². The highest BCUT2D eigenvalue weighted by atomic mass is 35.5. The molecule has 33 heavy (non-hydrogen) atoms. The molecule has 0 fully saturated rings. The molecule has 0 radical (unpaired) electrons. The molecule has 10 heteroatoms. The molecular weight excluding hydrogens is 456 g/mol. The predicted octanol–water partition coefficient (Wildman–Crippen LogP) is 2.56. The summed E-state index contributed by atoms with van der Waals surface area (Å²) in [5, 5.41) is 0. The van der Waals surface area contributed by atoms with Crippen molar-refractivity contribution in [3.05, 3.63) is 0 Å². The van der Waals surface area contributed by atoms with Crippen molar-refractivity contribution in [1.29, 1.82) is 0 Å². The van der Waals surface area contributed by atoms with Crippen molar-refractivity contribution in [2.75, 3.05) is 125 Å². The molecule has 9 nitrogen and oxygen atoms in total. The number of alkyl halides is 1. The fourth-order valence-electron chi connectivity index (χ4n) is 2.44. The van der Waals surface area contributed by atoms with E-state index in [0.29, 0.717) is 106 Å². The maximum Gasteiger partial charge on any atom is 0.0701 e. The van der Waals surface area contributed by atoms with Crippen LogP contribution in [-0.2, 0) is 42.6 Å². The molecule has 0 bridgehead atoms. The van der Waals surface area contributed by atoms with Crippen LogP contribution in [0.1, 0.15) is 25.7 Å². The second kappa shape index (κ2) is 31.9. The first kappa shape index (κ1) is 32.9. The molecule has 0 saturated heterocycles. The van der Waals surface area contributed by atoms with Gasteiger partial charge in [0.2, 0.25) is 0 Å². The molecule has 0 atom stereocenters. The van der Waals surface area contributed by atoms with E-state index in [1.807, 2.05) is 0 Å². The van der Waals surface area contributed by atoms with Gasteiger partial charge >= 0.3 is 0 Å². The number of ether oxygens (including phenoxy) is 9. The summed E-state index contributed by atoms with van der Waals surface area (Å²) in [5.74, 6) is 0.749. The lowest BCUT2D eigenvalue weighted by Crippen LogP contribution is -2.15. The van der Waals surface area contributed by atoms with E-state index in [-0.39, 0.29) is 0 Å². The molecule has 0 spiro atoms. The number of unbranched alkanes of at least 4 members (excludes halogenated alkanes) is 3. The third-order valence-electron chi connectivity index (χ3n) is 4.21. The number of methoxy groups -OCH3 is 1. The van der Waals surface area contributed by atoms with Gasteiger partial charge in [-0.3, -0.25) is 0 Å². The number of rotatable bonds is 30. The maximum absolute atomic E-state index is 5.64. The summed E-state index contributed by atoms with van der Waals surface area (Å²) in [6.45, 7) is 9.78. The van der Waals surface area contributed by atoms with Crippen LogP contribution in [0.2, 0.25) is 0 Å². The van der Waals surface area contributed by atoms with Gasteiger partial charge < -0.3 is 42.6 Å². The first-order valence-electron chi connectivity index (χ1n) is 12.1. The van der Waals surface area contributed by atoms with Gasteiger partial charge in [0.15, 0.2) is 0 Å². The average molecular weight is 503 g/mol. The Morgan fingerprint density at radius 2 is 0.606 bits per heavy atom. The van der Waals surface area contributed by atoms with E-state index in [9.17, 15) is 0 Å². The highest BCUT2D eigenvalue weighted by Gasteiger charge is 1.95. The summed E-state index contributed by atoms with van der Waals surface area (Å²) < 4.78 is 48.3. The molecule has 0 aromatic carbocycles. The van der Waals surface area contributed by atoms with Crippen LogP contribution in [0.15, 0.2) is 0 Å². The van der Waals surface area contributed by atoms with Crippen LogP contribution < -0.4 is 0 Å². The topological polar surface area (TPSA) is 83.1 Å². The highest BCUT2D eigenvalue weighted by molar-refractivity contribution is 6.17. The average Bonchev–Trinajstić information content (AvgIpc) is 2.83. The first-order valence-corrected chi connectivity index (χ1v) is 12.6. The fourth-order valence-corrected chi connectivity index (χ4v) is 2.62.